The Labute approximate surface area is 154 Å². The molecule has 0 radical (unpaired) electrons. The number of H-pyrrole nitrogens is 1. The van der Waals surface area contributed by atoms with E-state index in [1.54, 1.807) is 36.4 Å². The molecule has 3 aromatic rings. The molecule has 0 aliphatic heterocycles. The van der Waals surface area contributed by atoms with Crippen LogP contribution in [-0.4, -0.2) is 43.7 Å². The first kappa shape index (κ1) is 18.3. The van der Waals surface area contributed by atoms with E-state index in [0.717, 1.165) is 0 Å². The fourth-order valence-electron chi connectivity index (χ4n) is 2.48. The van der Waals surface area contributed by atoms with Crippen molar-refractivity contribution < 1.29 is 23.4 Å². The van der Waals surface area contributed by atoms with E-state index in [1.165, 1.54) is 14.2 Å². The van der Waals surface area contributed by atoms with Crippen LogP contribution in [0.4, 0.5) is 20.7 Å². The Morgan fingerprint density at radius 2 is 1.81 bits per heavy atom. The number of aromatic nitrogens is 2. The van der Waals surface area contributed by atoms with E-state index in [0.29, 0.717) is 39.7 Å². The molecule has 2 amide bonds. The molecule has 27 heavy (non-hydrogen) atoms. The molecule has 142 valence electrons. The molecule has 0 fully saturated rings. The number of benzene rings is 2. The van der Waals surface area contributed by atoms with Crippen LogP contribution in [0.25, 0.3) is 10.9 Å². The summed E-state index contributed by atoms with van der Waals surface area (Å²) in [6.45, 7) is -0.620. The highest BCUT2D eigenvalue weighted by Crippen LogP contribution is 2.27. The third-order valence-corrected chi connectivity index (χ3v) is 3.72. The third kappa shape index (κ3) is 4.38. The van der Waals surface area contributed by atoms with Crippen LogP contribution < -0.4 is 24.8 Å². The number of carbonyl (C=O) groups is 1. The molecule has 1 aromatic heterocycles. The zero-order valence-electron chi connectivity index (χ0n) is 14.8. The maximum Gasteiger partial charge on any atom is 0.324 e. The summed E-state index contributed by atoms with van der Waals surface area (Å²) in [5, 5.41) is 12.9. The van der Waals surface area contributed by atoms with Crippen molar-refractivity contribution in [3.63, 3.8) is 0 Å². The molecule has 1 heterocycles. The van der Waals surface area contributed by atoms with Gasteiger partial charge in [-0.3, -0.25) is 10.4 Å². The van der Waals surface area contributed by atoms with Gasteiger partial charge < -0.3 is 19.5 Å². The fourth-order valence-corrected chi connectivity index (χ4v) is 2.48. The quantitative estimate of drug-likeness (QED) is 0.587. The Kier molecular flexibility index (Phi) is 5.60. The number of nitrogens with one attached hydrogen (secondary N) is 3. The van der Waals surface area contributed by atoms with Gasteiger partial charge in [0, 0.05) is 29.3 Å². The number of anilines is 2. The molecule has 0 spiro atoms. The predicted molar refractivity (Wildman–Crippen MR) is 99.8 cm³/mol. The lowest BCUT2D eigenvalue weighted by molar-refractivity contribution is 0.262. The molecule has 9 heteroatoms. The summed E-state index contributed by atoms with van der Waals surface area (Å²) < 4.78 is 27.9. The van der Waals surface area contributed by atoms with E-state index >= 15 is 0 Å². The van der Waals surface area contributed by atoms with Gasteiger partial charge in [-0.2, -0.15) is 5.10 Å². The van der Waals surface area contributed by atoms with Crippen LogP contribution in [0.15, 0.2) is 36.4 Å². The van der Waals surface area contributed by atoms with Crippen LogP contribution >= 0.6 is 0 Å². The van der Waals surface area contributed by atoms with Crippen molar-refractivity contribution in [3.05, 3.63) is 36.4 Å². The molecule has 8 nitrogen and oxygen atoms in total. The number of nitrogens with zero attached hydrogens (tertiary/aromatic N) is 1. The van der Waals surface area contributed by atoms with Gasteiger partial charge in [0.15, 0.2) is 5.82 Å². The van der Waals surface area contributed by atoms with Crippen LogP contribution in [0.3, 0.4) is 0 Å². The molecule has 0 unspecified atom stereocenters. The van der Waals surface area contributed by atoms with Crippen molar-refractivity contribution in [2.24, 2.45) is 0 Å². The molecular weight excluding hydrogens is 355 g/mol. The highest BCUT2D eigenvalue weighted by atomic mass is 19.1. The fraction of sp³-hybridized carbons (Fsp3) is 0.222. The number of rotatable bonds is 7. The van der Waals surface area contributed by atoms with Gasteiger partial charge in [-0.1, -0.05) is 0 Å². The number of aromatic amines is 1. The minimum Gasteiger partial charge on any atom is -0.497 e. The van der Waals surface area contributed by atoms with Crippen molar-refractivity contribution >= 4 is 28.4 Å². The Bertz CT molecular complexity index is 922. The van der Waals surface area contributed by atoms with Crippen molar-refractivity contribution in [2.75, 3.05) is 38.1 Å². The molecule has 2 aromatic carbocycles. The summed E-state index contributed by atoms with van der Waals surface area (Å²) in [6.07, 6.45) is 0. The van der Waals surface area contributed by atoms with Crippen LogP contribution in [-0.2, 0) is 0 Å². The summed E-state index contributed by atoms with van der Waals surface area (Å²) in [5.74, 6) is 1.90. The van der Waals surface area contributed by atoms with Gasteiger partial charge in [0.2, 0.25) is 0 Å². The van der Waals surface area contributed by atoms with E-state index < -0.39 is 12.7 Å². The molecule has 0 aliphatic carbocycles. The molecular formula is C18H19FN4O4. The number of carbonyl (C=O) groups excluding carboxylic acids is 1. The number of amides is 2. The van der Waals surface area contributed by atoms with E-state index in [9.17, 15) is 9.18 Å². The average Bonchev–Trinajstić information content (AvgIpc) is 3.07. The van der Waals surface area contributed by atoms with Crippen LogP contribution in [0.2, 0.25) is 0 Å². The van der Waals surface area contributed by atoms with E-state index in [-0.39, 0.29) is 6.61 Å². The number of ether oxygens (including phenoxy) is 3. The lowest BCUT2D eigenvalue weighted by Gasteiger charge is -2.10. The average molecular weight is 374 g/mol. The van der Waals surface area contributed by atoms with Crippen LogP contribution in [0.1, 0.15) is 0 Å². The van der Waals surface area contributed by atoms with Gasteiger partial charge in [0.25, 0.3) is 0 Å². The van der Waals surface area contributed by atoms with E-state index in [4.69, 9.17) is 14.2 Å². The molecule has 0 aliphatic rings. The first-order valence-corrected chi connectivity index (χ1v) is 8.11. The van der Waals surface area contributed by atoms with Gasteiger partial charge in [-0.15, -0.1) is 0 Å². The second-order valence-electron chi connectivity index (χ2n) is 5.50. The number of urea groups is 1. The monoisotopic (exact) mass is 374 g/mol. The zero-order valence-corrected chi connectivity index (χ0v) is 14.8. The minimum absolute atomic E-state index is 0.0374. The van der Waals surface area contributed by atoms with Gasteiger partial charge in [0.1, 0.15) is 30.5 Å². The summed E-state index contributed by atoms with van der Waals surface area (Å²) >= 11 is 0. The van der Waals surface area contributed by atoms with Crippen LogP contribution in [0, 0.1) is 0 Å². The lowest BCUT2D eigenvalue weighted by Crippen LogP contribution is -2.19. The standard InChI is InChI=1S/C18H19FN4O4/c1-25-13-7-11(8-14(9-13)26-2)20-18(24)21-17-15-10-12(27-6-5-19)3-4-16(15)22-23-17/h3-4,7-10H,5-6H2,1-2H3,(H3,20,21,22,23,24). The molecule has 0 bridgehead atoms. The summed E-state index contributed by atoms with van der Waals surface area (Å²) in [5.41, 5.74) is 1.21. The predicted octanol–water partition coefficient (Wildman–Crippen LogP) is 3.57. The summed E-state index contributed by atoms with van der Waals surface area (Å²) in [7, 11) is 3.05. The van der Waals surface area contributed by atoms with Crippen molar-refractivity contribution in [3.8, 4) is 17.2 Å². The smallest absolute Gasteiger partial charge is 0.324 e. The Balaban J connectivity index is 1.76. The van der Waals surface area contributed by atoms with Gasteiger partial charge in [0.05, 0.1) is 19.7 Å². The van der Waals surface area contributed by atoms with Crippen molar-refractivity contribution in [1.29, 1.82) is 0 Å². The molecule has 0 atom stereocenters. The number of fused-ring (bicyclic) bond motifs is 1. The van der Waals surface area contributed by atoms with Crippen LogP contribution in [0.5, 0.6) is 17.2 Å². The topological polar surface area (TPSA) is 97.5 Å². The highest BCUT2D eigenvalue weighted by Gasteiger charge is 2.12. The van der Waals surface area contributed by atoms with E-state index in [2.05, 4.69) is 20.8 Å². The number of halogens is 1. The zero-order chi connectivity index (χ0) is 19.2. The number of alkyl halides is 1. The maximum atomic E-state index is 12.3. The number of methoxy groups -OCH3 is 2. The van der Waals surface area contributed by atoms with Crippen molar-refractivity contribution in [1.82, 2.24) is 10.2 Å². The highest BCUT2D eigenvalue weighted by molar-refractivity contribution is 6.04. The Morgan fingerprint density at radius 1 is 1.07 bits per heavy atom. The summed E-state index contributed by atoms with van der Waals surface area (Å²) in [6, 6.07) is 9.64. The third-order valence-electron chi connectivity index (χ3n) is 3.72. The van der Waals surface area contributed by atoms with Gasteiger partial charge in [-0.25, -0.2) is 9.18 Å². The Hall–Kier alpha value is -3.49. The second kappa shape index (κ2) is 8.26. The summed E-state index contributed by atoms with van der Waals surface area (Å²) in [4.78, 5) is 12.3. The molecule has 3 N–H and O–H groups in total. The number of hydrogen-bond donors (Lipinski definition) is 3. The molecule has 3 rings (SSSR count). The second-order valence-corrected chi connectivity index (χ2v) is 5.50. The molecule has 0 saturated heterocycles. The SMILES string of the molecule is COc1cc(NC(=O)Nc2n[nH]c3ccc(OCCF)cc23)cc(OC)c1. The van der Waals surface area contributed by atoms with Crippen molar-refractivity contribution in [2.45, 2.75) is 0 Å². The minimum atomic E-state index is -0.582. The van der Waals surface area contributed by atoms with E-state index in [1.807, 2.05) is 0 Å². The maximum absolute atomic E-state index is 12.3. The first-order chi connectivity index (χ1) is 13.1. The lowest BCUT2D eigenvalue weighted by atomic mass is 10.2. The number of hydrogen-bond acceptors (Lipinski definition) is 5. The first-order valence-electron chi connectivity index (χ1n) is 8.11. The van der Waals surface area contributed by atoms with Gasteiger partial charge >= 0.3 is 6.03 Å². The normalized spacial score (nSPS) is 10.5. The molecule has 0 saturated carbocycles. The van der Waals surface area contributed by atoms with Gasteiger partial charge in [-0.05, 0) is 18.2 Å². The largest absolute Gasteiger partial charge is 0.497 e. The Morgan fingerprint density at radius 3 is 2.48 bits per heavy atom.